The number of nitrogens with one attached hydrogen (secondary N) is 1. The number of rotatable bonds is 13. The molecule has 2 heterocycles. The van der Waals surface area contributed by atoms with Crippen molar-refractivity contribution in [2.45, 2.75) is 121 Å². The van der Waals surface area contributed by atoms with Crippen LogP contribution in [0.15, 0.2) is 42.0 Å². The Kier molecular flexibility index (Phi) is 10.7. The highest BCUT2D eigenvalue weighted by Gasteiger charge is 2.64. The van der Waals surface area contributed by atoms with Gasteiger partial charge in [0.2, 0.25) is 12.0 Å². The van der Waals surface area contributed by atoms with Crippen molar-refractivity contribution in [3.8, 4) is 0 Å². The van der Waals surface area contributed by atoms with Gasteiger partial charge in [0.1, 0.15) is 30.5 Å². The van der Waals surface area contributed by atoms with E-state index in [2.05, 4.69) is 5.32 Å². The highest BCUT2D eigenvalue weighted by molar-refractivity contribution is 5.95. The van der Waals surface area contributed by atoms with E-state index in [-0.39, 0.29) is 49.9 Å². The summed E-state index contributed by atoms with van der Waals surface area (Å²) >= 11 is 0. The van der Waals surface area contributed by atoms with Crippen LogP contribution in [0.3, 0.4) is 0 Å². The lowest BCUT2D eigenvalue weighted by Gasteiger charge is -2.31. The standard InChI is InChI=1S/C39H49NO12/c1-37(2,3)51-31(43)16-14-27(20-41)40-34(44)24-18-28(32-29(19-24)50-39(52-32,25-10-11-25)26-12-13-26)48-35(45)23-8-6-7-22(17-23)9-15-30(42)49-33-36(46)47-21-38(33,4)5/h6-9,15,17,19,25-29,32-33,41H,10-14,16,18,20-21H2,1-5H3,(H,40,44). The zero-order valence-corrected chi connectivity index (χ0v) is 30.4. The monoisotopic (exact) mass is 723 g/mol. The van der Waals surface area contributed by atoms with E-state index in [1.807, 2.05) is 0 Å². The number of ether oxygens (including phenoxy) is 6. The van der Waals surface area contributed by atoms with Crippen LogP contribution >= 0.6 is 0 Å². The highest BCUT2D eigenvalue weighted by atomic mass is 16.8. The Hall–Kier alpha value is -4.07. The second-order valence-corrected chi connectivity index (χ2v) is 16.1. The van der Waals surface area contributed by atoms with E-state index in [4.69, 9.17) is 28.4 Å². The Bertz CT molecular complexity index is 1620. The molecule has 13 nitrogen and oxygen atoms in total. The van der Waals surface area contributed by atoms with Gasteiger partial charge in [-0.3, -0.25) is 9.59 Å². The number of hydrogen-bond donors (Lipinski definition) is 2. The molecule has 0 aromatic heterocycles. The quantitative estimate of drug-likeness (QED) is 0.171. The maximum atomic E-state index is 13.6. The fraction of sp³-hybridized carbons (Fsp3) is 0.615. The Morgan fingerprint density at radius 1 is 1.06 bits per heavy atom. The lowest BCUT2D eigenvalue weighted by molar-refractivity contribution is -0.209. The third-order valence-electron chi connectivity index (χ3n) is 9.91. The summed E-state index contributed by atoms with van der Waals surface area (Å²) < 4.78 is 35.1. The van der Waals surface area contributed by atoms with Gasteiger partial charge < -0.3 is 38.8 Å². The maximum absolute atomic E-state index is 13.6. The van der Waals surface area contributed by atoms with Crippen LogP contribution in [0.5, 0.6) is 0 Å². The normalized spacial score (nSPS) is 26.9. The molecule has 3 aliphatic carbocycles. The summed E-state index contributed by atoms with van der Waals surface area (Å²) in [5.74, 6) is -3.17. The molecule has 1 aromatic rings. The lowest BCUT2D eigenvalue weighted by Crippen LogP contribution is -2.45. The first-order chi connectivity index (χ1) is 24.6. The molecule has 4 fully saturated rings. The van der Waals surface area contributed by atoms with Gasteiger partial charge in [0.05, 0.1) is 18.2 Å². The number of fused-ring (bicyclic) bond motifs is 1. The van der Waals surface area contributed by atoms with Crippen LogP contribution in [0.1, 0.15) is 95.5 Å². The minimum Gasteiger partial charge on any atom is -0.462 e. The molecular weight excluding hydrogens is 674 g/mol. The number of hydrogen-bond acceptors (Lipinski definition) is 12. The van der Waals surface area contributed by atoms with Crippen LogP contribution in [-0.4, -0.2) is 90.0 Å². The zero-order valence-electron chi connectivity index (χ0n) is 30.4. The molecule has 2 N–H and O–H groups in total. The minimum absolute atomic E-state index is 0.0117. The lowest BCUT2D eigenvalue weighted by atomic mass is 9.90. The Balaban J connectivity index is 1.14. The average molecular weight is 724 g/mol. The van der Waals surface area contributed by atoms with E-state index in [9.17, 15) is 29.1 Å². The molecule has 0 bridgehead atoms. The van der Waals surface area contributed by atoms with Gasteiger partial charge in [-0.05, 0) is 82.7 Å². The van der Waals surface area contributed by atoms with E-state index < -0.39 is 77.0 Å². The topological polar surface area (TPSA) is 173 Å². The number of aliphatic hydroxyl groups is 1. The van der Waals surface area contributed by atoms with Crippen molar-refractivity contribution in [3.63, 3.8) is 0 Å². The van der Waals surface area contributed by atoms with Crippen LogP contribution in [0.2, 0.25) is 0 Å². The van der Waals surface area contributed by atoms with E-state index in [0.29, 0.717) is 11.1 Å². The van der Waals surface area contributed by atoms with E-state index in [0.717, 1.165) is 25.7 Å². The van der Waals surface area contributed by atoms with Gasteiger partial charge in [-0.1, -0.05) is 26.0 Å². The van der Waals surface area contributed by atoms with Gasteiger partial charge in [0.15, 0.2) is 5.79 Å². The van der Waals surface area contributed by atoms with E-state index in [1.54, 1.807) is 65.0 Å². The first kappa shape index (κ1) is 37.7. The number of cyclic esters (lactones) is 1. The molecule has 13 heteroatoms. The van der Waals surface area contributed by atoms with Gasteiger partial charge in [0.25, 0.3) is 0 Å². The van der Waals surface area contributed by atoms with Gasteiger partial charge in [-0.2, -0.15) is 0 Å². The Labute approximate surface area is 303 Å². The van der Waals surface area contributed by atoms with Crippen molar-refractivity contribution in [2.24, 2.45) is 17.3 Å². The predicted molar refractivity (Wildman–Crippen MR) is 184 cm³/mol. The zero-order chi connectivity index (χ0) is 37.4. The summed E-state index contributed by atoms with van der Waals surface area (Å²) in [6, 6.07) is 5.78. The molecule has 2 saturated carbocycles. The van der Waals surface area contributed by atoms with Crippen LogP contribution in [-0.2, 0) is 47.6 Å². The molecule has 2 aliphatic heterocycles. The fourth-order valence-electron chi connectivity index (χ4n) is 6.97. The van der Waals surface area contributed by atoms with E-state index >= 15 is 0 Å². The van der Waals surface area contributed by atoms with Crippen molar-refractivity contribution < 1.29 is 57.5 Å². The van der Waals surface area contributed by atoms with Crippen molar-refractivity contribution >= 4 is 35.9 Å². The number of carbonyl (C=O) groups excluding carboxylic acids is 5. The Morgan fingerprint density at radius 3 is 2.38 bits per heavy atom. The first-order valence-corrected chi connectivity index (χ1v) is 18.1. The molecule has 5 atom stereocenters. The summed E-state index contributed by atoms with van der Waals surface area (Å²) in [6.07, 6.45) is 5.38. The third kappa shape index (κ3) is 8.75. The van der Waals surface area contributed by atoms with Gasteiger partial charge in [0, 0.05) is 41.7 Å². The third-order valence-corrected chi connectivity index (χ3v) is 9.91. The maximum Gasteiger partial charge on any atom is 0.348 e. The second kappa shape index (κ2) is 14.7. The summed E-state index contributed by atoms with van der Waals surface area (Å²) in [6.45, 7) is 8.62. The van der Waals surface area contributed by atoms with Gasteiger partial charge in [-0.25, -0.2) is 14.4 Å². The summed E-state index contributed by atoms with van der Waals surface area (Å²) in [5, 5.41) is 12.8. The number of esters is 4. The molecule has 0 spiro atoms. The van der Waals surface area contributed by atoms with Crippen LogP contribution in [0, 0.1) is 17.3 Å². The summed E-state index contributed by atoms with van der Waals surface area (Å²) in [7, 11) is 0. The van der Waals surface area contributed by atoms with Crippen molar-refractivity contribution in [1.29, 1.82) is 0 Å². The molecule has 2 saturated heterocycles. The average Bonchev–Trinajstić information content (AvgIpc) is 4.03. The predicted octanol–water partition coefficient (Wildman–Crippen LogP) is 3.95. The molecule has 52 heavy (non-hydrogen) atoms. The van der Waals surface area contributed by atoms with Crippen molar-refractivity contribution in [1.82, 2.24) is 5.32 Å². The summed E-state index contributed by atoms with van der Waals surface area (Å²) in [5.41, 5.74) is -0.243. The fourth-order valence-corrected chi connectivity index (χ4v) is 6.97. The van der Waals surface area contributed by atoms with Gasteiger partial charge in [-0.15, -0.1) is 0 Å². The summed E-state index contributed by atoms with van der Waals surface area (Å²) in [4.78, 5) is 64.1. The highest BCUT2D eigenvalue weighted by Crippen LogP contribution is 2.59. The molecule has 5 unspecified atom stereocenters. The minimum atomic E-state index is -1.02. The van der Waals surface area contributed by atoms with Crippen molar-refractivity contribution in [2.75, 3.05) is 13.2 Å². The van der Waals surface area contributed by atoms with Gasteiger partial charge >= 0.3 is 23.9 Å². The Morgan fingerprint density at radius 2 is 1.77 bits per heavy atom. The second-order valence-electron chi connectivity index (χ2n) is 16.1. The molecule has 1 amide bonds. The molecule has 6 rings (SSSR count). The van der Waals surface area contributed by atoms with Crippen LogP contribution in [0.25, 0.3) is 6.08 Å². The molecule has 5 aliphatic rings. The molecule has 1 aromatic carbocycles. The molecule has 282 valence electrons. The number of benzene rings is 1. The number of carbonyl (C=O) groups is 5. The number of amides is 1. The largest absolute Gasteiger partial charge is 0.462 e. The number of aliphatic hydroxyl groups excluding tert-OH is 1. The molecular formula is C39H49NO12. The molecule has 0 radical (unpaired) electrons. The van der Waals surface area contributed by atoms with E-state index in [1.165, 1.54) is 12.2 Å². The smallest absolute Gasteiger partial charge is 0.348 e. The SMILES string of the molecule is CC(C)(C)OC(=O)CCC(CO)NC(=O)C1=CC2OC(C3CC3)(C3CC3)OC2C(OC(=O)c2cccc(C=CC(=O)OC3C(=O)OCC3(C)C)c2)C1. The van der Waals surface area contributed by atoms with Crippen molar-refractivity contribution in [3.05, 3.63) is 53.1 Å². The van der Waals surface area contributed by atoms with Crippen LogP contribution < -0.4 is 5.32 Å². The van der Waals surface area contributed by atoms with Crippen LogP contribution in [0.4, 0.5) is 0 Å². The first-order valence-electron chi connectivity index (χ1n) is 18.1.